The van der Waals surface area contributed by atoms with Gasteiger partial charge in [0.2, 0.25) is 0 Å². The summed E-state index contributed by atoms with van der Waals surface area (Å²) in [5, 5.41) is 18.6. The fourth-order valence-corrected chi connectivity index (χ4v) is 3.08. The van der Waals surface area contributed by atoms with E-state index in [1.807, 2.05) is 19.9 Å². The Kier molecular flexibility index (Phi) is 4.95. The van der Waals surface area contributed by atoms with E-state index < -0.39 is 12.1 Å². The lowest BCUT2D eigenvalue weighted by Crippen LogP contribution is -2.08. The number of aryl methyl sites for hydroxylation is 1. The molecule has 0 aromatic carbocycles. The van der Waals surface area contributed by atoms with E-state index in [0.717, 1.165) is 14.2 Å². The van der Waals surface area contributed by atoms with Gasteiger partial charge in [-0.25, -0.2) is 0 Å². The zero-order chi connectivity index (χ0) is 12.3. The lowest BCUT2D eigenvalue weighted by molar-refractivity contribution is -0.138. The summed E-state index contributed by atoms with van der Waals surface area (Å²) in [6, 6.07) is 1.90. The van der Waals surface area contributed by atoms with Gasteiger partial charge in [-0.1, -0.05) is 6.92 Å². The van der Waals surface area contributed by atoms with E-state index in [2.05, 4.69) is 15.9 Å². The smallest absolute Gasteiger partial charge is 0.303 e. The van der Waals surface area contributed by atoms with Crippen LogP contribution < -0.4 is 0 Å². The minimum absolute atomic E-state index is 0.0197. The van der Waals surface area contributed by atoms with Crippen molar-refractivity contribution in [3.8, 4) is 0 Å². The van der Waals surface area contributed by atoms with Crippen molar-refractivity contribution in [2.24, 2.45) is 5.92 Å². The molecule has 0 aliphatic rings. The topological polar surface area (TPSA) is 57.5 Å². The minimum Gasteiger partial charge on any atom is -0.481 e. The SMILES string of the molecule is Cc1sc(C(O)CC(C)CC(=O)O)cc1Br. The molecule has 1 aromatic rings. The molecule has 16 heavy (non-hydrogen) atoms. The maximum atomic E-state index is 10.5. The standard InChI is InChI=1S/C11H15BrO3S/c1-6(4-11(14)15)3-9(13)10-5-8(12)7(2)16-10/h5-6,9,13H,3-4H2,1-2H3,(H,14,15). The molecule has 2 unspecified atom stereocenters. The Balaban J connectivity index is 2.58. The van der Waals surface area contributed by atoms with Crippen LogP contribution in [-0.2, 0) is 4.79 Å². The van der Waals surface area contributed by atoms with Crippen molar-refractivity contribution in [1.29, 1.82) is 0 Å². The number of aliphatic hydroxyl groups is 1. The molecule has 0 fully saturated rings. The van der Waals surface area contributed by atoms with Gasteiger partial charge in [-0.15, -0.1) is 11.3 Å². The predicted octanol–water partition coefficient (Wildman–Crippen LogP) is 3.35. The van der Waals surface area contributed by atoms with Crippen LogP contribution in [0.15, 0.2) is 10.5 Å². The van der Waals surface area contributed by atoms with Crippen LogP contribution in [0.1, 0.15) is 35.6 Å². The van der Waals surface area contributed by atoms with Crippen molar-refractivity contribution in [3.63, 3.8) is 0 Å². The molecule has 3 nitrogen and oxygen atoms in total. The molecule has 0 saturated heterocycles. The van der Waals surface area contributed by atoms with Gasteiger partial charge in [-0.05, 0) is 41.3 Å². The number of rotatable bonds is 5. The number of carboxylic acids is 1. The number of hydrogen-bond donors (Lipinski definition) is 2. The largest absolute Gasteiger partial charge is 0.481 e. The van der Waals surface area contributed by atoms with Gasteiger partial charge in [0.25, 0.3) is 0 Å². The molecule has 0 bridgehead atoms. The monoisotopic (exact) mass is 306 g/mol. The highest BCUT2D eigenvalue weighted by Gasteiger charge is 2.17. The maximum Gasteiger partial charge on any atom is 0.303 e. The molecule has 5 heteroatoms. The van der Waals surface area contributed by atoms with Gasteiger partial charge in [0, 0.05) is 20.6 Å². The first-order valence-corrected chi connectivity index (χ1v) is 6.66. The van der Waals surface area contributed by atoms with Crippen LogP contribution in [0, 0.1) is 12.8 Å². The van der Waals surface area contributed by atoms with Crippen molar-refractivity contribution in [1.82, 2.24) is 0 Å². The second kappa shape index (κ2) is 5.80. The number of carboxylic acid groups (broad SMARTS) is 1. The van der Waals surface area contributed by atoms with Crippen molar-refractivity contribution in [3.05, 3.63) is 20.3 Å². The Morgan fingerprint density at radius 1 is 1.62 bits per heavy atom. The van der Waals surface area contributed by atoms with E-state index in [-0.39, 0.29) is 12.3 Å². The van der Waals surface area contributed by atoms with E-state index >= 15 is 0 Å². The molecule has 1 heterocycles. The third-order valence-corrected chi connectivity index (χ3v) is 4.59. The highest BCUT2D eigenvalue weighted by molar-refractivity contribution is 9.10. The normalized spacial score (nSPS) is 14.8. The van der Waals surface area contributed by atoms with Crippen molar-refractivity contribution >= 4 is 33.2 Å². The molecule has 2 atom stereocenters. The van der Waals surface area contributed by atoms with E-state index in [1.54, 1.807) is 0 Å². The Labute approximate surface area is 107 Å². The molecule has 0 saturated carbocycles. The molecule has 0 aliphatic heterocycles. The summed E-state index contributed by atoms with van der Waals surface area (Å²) in [6.45, 7) is 3.82. The fourth-order valence-electron chi connectivity index (χ4n) is 1.52. The third kappa shape index (κ3) is 3.88. The molecular weight excluding hydrogens is 292 g/mol. The summed E-state index contributed by atoms with van der Waals surface area (Å²) in [5.74, 6) is -0.836. The number of thiophene rings is 1. The highest BCUT2D eigenvalue weighted by Crippen LogP contribution is 2.33. The Bertz CT molecular complexity index is 356. The fraction of sp³-hybridized carbons (Fsp3) is 0.545. The molecule has 0 aliphatic carbocycles. The van der Waals surface area contributed by atoms with Crippen molar-refractivity contribution in [2.45, 2.75) is 32.8 Å². The van der Waals surface area contributed by atoms with Gasteiger partial charge in [0.15, 0.2) is 0 Å². The van der Waals surface area contributed by atoms with Gasteiger partial charge in [-0.3, -0.25) is 4.79 Å². The molecule has 0 amide bonds. The Hall–Kier alpha value is -0.390. The minimum atomic E-state index is -0.816. The van der Waals surface area contributed by atoms with Crippen LogP contribution in [0.3, 0.4) is 0 Å². The average molecular weight is 307 g/mol. The molecule has 0 spiro atoms. The lowest BCUT2D eigenvalue weighted by atomic mass is 9.99. The van der Waals surface area contributed by atoms with Crippen LogP contribution in [0.4, 0.5) is 0 Å². The molecular formula is C11H15BrO3S. The van der Waals surface area contributed by atoms with Crippen LogP contribution in [0.2, 0.25) is 0 Å². The van der Waals surface area contributed by atoms with Crippen molar-refractivity contribution in [2.75, 3.05) is 0 Å². The first kappa shape index (κ1) is 13.7. The van der Waals surface area contributed by atoms with Crippen molar-refractivity contribution < 1.29 is 15.0 Å². The van der Waals surface area contributed by atoms with Crippen LogP contribution in [0.25, 0.3) is 0 Å². The summed E-state index contributed by atoms with van der Waals surface area (Å²) in [7, 11) is 0. The van der Waals surface area contributed by atoms with Gasteiger partial charge in [0.05, 0.1) is 6.10 Å². The van der Waals surface area contributed by atoms with Crippen LogP contribution in [-0.4, -0.2) is 16.2 Å². The molecule has 2 N–H and O–H groups in total. The van der Waals surface area contributed by atoms with E-state index in [0.29, 0.717) is 6.42 Å². The second-order valence-corrected chi connectivity index (χ2v) is 6.15. The average Bonchev–Trinajstić information content (AvgIpc) is 2.45. The number of aliphatic hydroxyl groups excluding tert-OH is 1. The molecule has 90 valence electrons. The molecule has 0 radical (unpaired) electrons. The molecule has 1 aromatic heterocycles. The summed E-state index contributed by atoms with van der Waals surface area (Å²) in [6.07, 6.45) is 0.0192. The van der Waals surface area contributed by atoms with E-state index in [4.69, 9.17) is 5.11 Å². The highest BCUT2D eigenvalue weighted by atomic mass is 79.9. The van der Waals surface area contributed by atoms with Gasteiger partial charge >= 0.3 is 5.97 Å². The van der Waals surface area contributed by atoms with Gasteiger partial charge < -0.3 is 10.2 Å². The number of halogens is 1. The number of hydrogen-bond acceptors (Lipinski definition) is 3. The van der Waals surface area contributed by atoms with E-state index in [9.17, 15) is 9.90 Å². The third-order valence-electron chi connectivity index (χ3n) is 2.35. The Morgan fingerprint density at radius 3 is 2.69 bits per heavy atom. The second-order valence-electron chi connectivity index (χ2n) is 4.01. The Morgan fingerprint density at radius 2 is 2.25 bits per heavy atom. The first-order chi connectivity index (χ1) is 7.40. The number of aliphatic carboxylic acids is 1. The maximum absolute atomic E-state index is 10.5. The van der Waals surface area contributed by atoms with Gasteiger partial charge in [0.1, 0.15) is 0 Å². The van der Waals surface area contributed by atoms with Crippen LogP contribution >= 0.6 is 27.3 Å². The molecule has 1 rings (SSSR count). The summed E-state index contributed by atoms with van der Waals surface area (Å²) in [5.41, 5.74) is 0. The zero-order valence-electron chi connectivity index (χ0n) is 9.24. The zero-order valence-corrected chi connectivity index (χ0v) is 11.6. The predicted molar refractivity (Wildman–Crippen MR) is 67.7 cm³/mol. The quantitative estimate of drug-likeness (QED) is 0.877. The summed E-state index contributed by atoms with van der Waals surface area (Å²) in [4.78, 5) is 12.5. The summed E-state index contributed by atoms with van der Waals surface area (Å²) < 4.78 is 0.998. The number of carbonyl (C=O) groups is 1. The summed E-state index contributed by atoms with van der Waals surface area (Å²) >= 11 is 4.94. The first-order valence-electron chi connectivity index (χ1n) is 5.05. The lowest BCUT2D eigenvalue weighted by Gasteiger charge is -2.13. The van der Waals surface area contributed by atoms with Gasteiger partial charge in [-0.2, -0.15) is 0 Å². The van der Waals surface area contributed by atoms with E-state index in [1.165, 1.54) is 11.3 Å². The van der Waals surface area contributed by atoms with Crippen LogP contribution in [0.5, 0.6) is 0 Å².